The summed E-state index contributed by atoms with van der Waals surface area (Å²) >= 11 is 2.81. The van der Waals surface area contributed by atoms with Crippen LogP contribution >= 0.6 is 15.9 Å². The Morgan fingerprint density at radius 1 is 1.44 bits per heavy atom. The Kier molecular flexibility index (Phi) is 5.20. The van der Waals surface area contributed by atoms with Crippen molar-refractivity contribution in [2.24, 2.45) is 0 Å². The van der Waals surface area contributed by atoms with E-state index in [1.54, 1.807) is 6.92 Å². The van der Waals surface area contributed by atoms with Crippen molar-refractivity contribution in [1.29, 1.82) is 0 Å². The molecule has 0 aromatic heterocycles. The summed E-state index contributed by atoms with van der Waals surface area (Å²) in [4.78, 5) is -0.671. The first kappa shape index (κ1) is 15.5. The average Bonchev–Trinajstić information content (AvgIpc) is 2.23. The molecule has 18 heavy (non-hydrogen) atoms. The number of nitrogens with one attached hydrogen (secondary N) is 1. The smallest absolute Gasteiger partial charge is 0.244 e. The van der Waals surface area contributed by atoms with Gasteiger partial charge in [-0.15, -0.1) is 0 Å². The maximum absolute atomic E-state index is 13.5. The second-order valence-electron chi connectivity index (χ2n) is 3.61. The molecule has 0 fully saturated rings. The normalized spacial score (nSPS) is 13.6. The van der Waals surface area contributed by atoms with Crippen molar-refractivity contribution in [2.75, 3.05) is 6.61 Å². The van der Waals surface area contributed by atoms with Crippen LogP contribution in [0.25, 0.3) is 0 Å². The summed E-state index contributed by atoms with van der Waals surface area (Å²) in [5.41, 5.74) is 0. The van der Waals surface area contributed by atoms with Gasteiger partial charge in [-0.05, 0) is 28.4 Å². The SMILES string of the molecule is CC[C@@H](CO)NS(=O)(=O)c1c(F)cc(F)cc1Br. The number of hydrogen-bond acceptors (Lipinski definition) is 3. The zero-order chi connectivity index (χ0) is 13.9. The van der Waals surface area contributed by atoms with E-state index in [1.165, 1.54) is 0 Å². The highest BCUT2D eigenvalue weighted by Gasteiger charge is 2.25. The maximum atomic E-state index is 13.5. The zero-order valence-electron chi connectivity index (χ0n) is 9.45. The van der Waals surface area contributed by atoms with Crippen LogP contribution in [-0.4, -0.2) is 26.2 Å². The van der Waals surface area contributed by atoms with E-state index in [4.69, 9.17) is 5.11 Å². The Balaban J connectivity index is 3.21. The van der Waals surface area contributed by atoms with E-state index in [1.807, 2.05) is 0 Å². The predicted octanol–water partition coefficient (Wildman–Crippen LogP) is 1.78. The van der Waals surface area contributed by atoms with E-state index in [0.717, 1.165) is 6.07 Å². The van der Waals surface area contributed by atoms with Gasteiger partial charge in [0.2, 0.25) is 10.0 Å². The summed E-state index contributed by atoms with van der Waals surface area (Å²) in [7, 11) is -4.16. The number of hydrogen-bond donors (Lipinski definition) is 2. The quantitative estimate of drug-likeness (QED) is 0.856. The molecule has 0 unspecified atom stereocenters. The number of halogens is 3. The third-order valence-corrected chi connectivity index (χ3v) is 4.75. The minimum Gasteiger partial charge on any atom is -0.395 e. The number of rotatable bonds is 5. The lowest BCUT2D eigenvalue weighted by Crippen LogP contribution is -2.37. The molecule has 0 amide bonds. The topological polar surface area (TPSA) is 66.4 Å². The van der Waals surface area contributed by atoms with Crippen LogP contribution < -0.4 is 4.72 Å². The first-order valence-corrected chi connectivity index (χ1v) is 7.37. The molecule has 2 N–H and O–H groups in total. The summed E-state index contributed by atoms with van der Waals surface area (Å²) in [6.45, 7) is 1.26. The van der Waals surface area contributed by atoms with Crippen LogP contribution in [0.3, 0.4) is 0 Å². The molecule has 102 valence electrons. The lowest BCUT2D eigenvalue weighted by molar-refractivity contribution is 0.253. The molecule has 1 rings (SSSR count). The average molecular weight is 344 g/mol. The molecule has 0 spiro atoms. The highest BCUT2D eigenvalue weighted by molar-refractivity contribution is 9.10. The molecule has 0 radical (unpaired) electrons. The van der Waals surface area contributed by atoms with E-state index in [0.29, 0.717) is 12.5 Å². The van der Waals surface area contributed by atoms with Gasteiger partial charge in [-0.25, -0.2) is 21.9 Å². The van der Waals surface area contributed by atoms with E-state index in [2.05, 4.69) is 20.7 Å². The second-order valence-corrected chi connectivity index (χ2v) is 6.11. The molecule has 1 aromatic rings. The lowest BCUT2D eigenvalue weighted by atomic mass is 10.3. The van der Waals surface area contributed by atoms with Crippen LogP contribution in [0.2, 0.25) is 0 Å². The molecule has 1 atom stereocenters. The molecule has 1 aromatic carbocycles. The fraction of sp³-hybridized carbons (Fsp3) is 0.400. The molecule has 8 heteroatoms. The van der Waals surface area contributed by atoms with Crippen LogP contribution in [-0.2, 0) is 10.0 Å². The number of aliphatic hydroxyl groups excluding tert-OH is 1. The Bertz CT molecular complexity index is 509. The predicted molar refractivity (Wildman–Crippen MR) is 65.5 cm³/mol. The van der Waals surface area contributed by atoms with Gasteiger partial charge in [-0.3, -0.25) is 0 Å². The summed E-state index contributed by atoms with van der Waals surface area (Å²) in [5, 5.41) is 8.93. The van der Waals surface area contributed by atoms with Crippen molar-refractivity contribution in [3.63, 3.8) is 0 Å². The van der Waals surface area contributed by atoms with Crippen molar-refractivity contribution in [3.8, 4) is 0 Å². The molecule has 0 saturated carbocycles. The summed E-state index contributed by atoms with van der Waals surface area (Å²) < 4.78 is 52.1. The van der Waals surface area contributed by atoms with Crippen LogP contribution in [0.1, 0.15) is 13.3 Å². The Morgan fingerprint density at radius 3 is 2.50 bits per heavy atom. The maximum Gasteiger partial charge on any atom is 0.244 e. The first-order chi connectivity index (χ1) is 8.31. The van der Waals surface area contributed by atoms with Gasteiger partial charge in [0.1, 0.15) is 16.5 Å². The van der Waals surface area contributed by atoms with E-state index in [9.17, 15) is 17.2 Å². The van der Waals surface area contributed by atoms with Gasteiger partial charge >= 0.3 is 0 Å². The van der Waals surface area contributed by atoms with Crippen LogP contribution in [0.15, 0.2) is 21.5 Å². The fourth-order valence-corrected chi connectivity index (χ4v) is 3.79. The molecular weight excluding hydrogens is 332 g/mol. The molecule has 0 aliphatic heterocycles. The van der Waals surface area contributed by atoms with E-state index < -0.39 is 39.2 Å². The molecule has 0 aliphatic rings. The van der Waals surface area contributed by atoms with Crippen molar-refractivity contribution in [2.45, 2.75) is 24.3 Å². The number of sulfonamides is 1. The number of benzene rings is 1. The third-order valence-electron chi connectivity index (χ3n) is 2.27. The highest BCUT2D eigenvalue weighted by atomic mass is 79.9. The Hall–Kier alpha value is -0.570. The van der Waals surface area contributed by atoms with Crippen LogP contribution in [0.5, 0.6) is 0 Å². The first-order valence-electron chi connectivity index (χ1n) is 5.09. The van der Waals surface area contributed by atoms with Gasteiger partial charge in [0.15, 0.2) is 0 Å². The summed E-state index contributed by atoms with van der Waals surface area (Å²) in [6, 6.07) is 0.628. The number of aliphatic hydroxyl groups is 1. The van der Waals surface area contributed by atoms with Crippen molar-refractivity contribution >= 4 is 26.0 Å². The van der Waals surface area contributed by atoms with Gasteiger partial charge in [0, 0.05) is 16.6 Å². The lowest BCUT2D eigenvalue weighted by Gasteiger charge is -2.15. The molecular formula is C10H12BrF2NO3S. The van der Waals surface area contributed by atoms with Crippen LogP contribution in [0, 0.1) is 11.6 Å². The summed E-state index contributed by atoms with van der Waals surface area (Å²) in [6.07, 6.45) is 0.343. The fourth-order valence-electron chi connectivity index (χ4n) is 1.31. The monoisotopic (exact) mass is 343 g/mol. The van der Waals surface area contributed by atoms with Crippen molar-refractivity contribution in [3.05, 3.63) is 28.2 Å². The molecule has 4 nitrogen and oxygen atoms in total. The van der Waals surface area contributed by atoms with Gasteiger partial charge in [-0.2, -0.15) is 0 Å². The minimum absolute atomic E-state index is 0.208. The van der Waals surface area contributed by atoms with Crippen LogP contribution in [0.4, 0.5) is 8.78 Å². The van der Waals surface area contributed by atoms with Crippen molar-refractivity contribution in [1.82, 2.24) is 4.72 Å². The Labute approximate surface area is 112 Å². The Morgan fingerprint density at radius 2 is 2.06 bits per heavy atom. The molecule has 0 heterocycles. The van der Waals surface area contributed by atoms with Gasteiger partial charge in [-0.1, -0.05) is 6.92 Å². The van der Waals surface area contributed by atoms with Gasteiger partial charge < -0.3 is 5.11 Å². The zero-order valence-corrected chi connectivity index (χ0v) is 11.9. The minimum atomic E-state index is -4.16. The molecule has 0 saturated heterocycles. The third kappa shape index (κ3) is 3.47. The molecule has 0 bridgehead atoms. The highest BCUT2D eigenvalue weighted by Crippen LogP contribution is 2.26. The standard InChI is InChI=1S/C10H12BrF2NO3S/c1-2-7(5-15)14-18(16,17)10-8(11)3-6(12)4-9(10)13/h3-4,7,14-15H,2,5H2,1H3/t7-/m0/s1. The largest absolute Gasteiger partial charge is 0.395 e. The van der Waals surface area contributed by atoms with Gasteiger partial charge in [0.05, 0.1) is 6.61 Å². The summed E-state index contributed by atoms with van der Waals surface area (Å²) in [5.74, 6) is -2.07. The van der Waals surface area contributed by atoms with Crippen molar-refractivity contribution < 1.29 is 22.3 Å². The van der Waals surface area contributed by atoms with E-state index in [-0.39, 0.29) is 4.47 Å². The second kappa shape index (κ2) is 6.05. The van der Waals surface area contributed by atoms with E-state index >= 15 is 0 Å². The molecule has 0 aliphatic carbocycles. The van der Waals surface area contributed by atoms with Gasteiger partial charge in [0.25, 0.3) is 0 Å².